The number of nitrogens with one attached hydrogen (secondary N) is 2. The molecule has 1 aliphatic heterocycles. The molecule has 2 aliphatic rings. The van der Waals surface area contributed by atoms with Crippen LogP contribution in [0.3, 0.4) is 0 Å². The number of ether oxygens (including phenoxy) is 1. The fourth-order valence-corrected chi connectivity index (χ4v) is 4.95. The summed E-state index contributed by atoms with van der Waals surface area (Å²) in [6.45, 7) is 10.5. The molecule has 0 aromatic rings. The van der Waals surface area contributed by atoms with Crippen LogP contribution in [0.2, 0.25) is 0 Å². The average Bonchev–Trinajstić information content (AvgIpc) is 2.66. The molecule has 0 aromatic heterocycles. The molecule has 172 valence electrons. The van der Waals surface area contributed by atoms with Crippen molar-refractivity contribution in [2.75, 3.05) is 57.9 Å². The van der Waals surface area contributed by atoms with Gasteiger partial charge in [0.2, 0.25) is 0 Å². The van der Waals surface area contributed by atoms with Gasteiger partial charge in [-0.2, -0.15) is 0 Å². The van der Waals surface area contributed by atoms with Crippen molar-refractivity contribution in [1.82, 2.24) is 15.5 Å². The van der Waals surface area contributed by atoms with Crippen LogP contribution < -0.4 is 10.6 Å². The van der Waals surface area contributed by atoms with Crippen LogP contribution in [0.25, 0.3) is 0 Å². The molecule has 1 heterocycles. The zero-order valence-corrected chi connectivity index (χ0v) is 21.6. The van der Waals surface area contributed by atoms with Crippen LogP contribution in [0, 0.1) is 5.41 Å². The summed E-state index contributed by atoms with van der Waals surface area (Å²) in [7, 11) is -2.94. The van der Waals surface area contributed by atoms with Crippen molar-refractivity contribution >= 4 is 39.8 Å². The van der Waals surface area contributed by atoms with Crippen molar-refractivity contribution in [3.05, 3.63) is 0 Å². The summed E-state index contributed by atoms with van der Waals surface area (Å²) in [5, 5.41) is 6.72. The first-order valence-corrected chi connectivity index (χ1v) is 12.9. The summed E-state index contributed by atoms with van der Waals surface area (Å²) in [5.74, 6) is 0.997. The lowest BCUT2D eigenvalue weighted by molar-refractivity contribution is 0.00937. The fraction of sp³-hybridized carbons (Fsp3) is 0.950. The SMILES string of the molecule is CCNC(=NCC1(CN2CCOCC2)CCCCC1)NC(C)CCS(C)(=O)=O.I. The van der Waals surface area contributed by atoms with Gasteiger partial charge >= 0.3 is 0 Å². The van der Waals surface area contributed by atoms with E-state index in [-0.39, 0.29) is 41.2 Å². The zero-order valence-electron chi connectivity index (χ0n) is 18.4. The minimum absolute atomic E-state index is 0. The maximum absolute atomic E-state index is 11.4. The lowest BCUT2D eigenvalue weighted by atomic mass is 9.73. The molecule has 0 radical (unpaired) electrons. The highest BCUT2D eigenvalue weighted by Crippen LogP contribution is 2.37. The summed E-state index contributed by atoms with van der Waals surface area (Å²) < 4.78 is 28.4. The first-order valence-electron chi connectivity index (χ1n) is 10.8. The lowest BCUT2D eigenvalue weighted by Gasteiger charge is -2.41. The van der Waals surface area contributed by atoms with Crippen molar-refractivity contribution in [1.29, 1.82) is 0 Å². The number of halogens is 1. The van der Waals surface area contributed by atoms with Gasteiger partial charge in [-0.1, -0.05) is 19.3 Å². The van der Waals surface area contributed by atoms with Gasteiger partial charge in [-0.3, -0.25) is 9.89 Å². The second-order valence-electron chi connectivity index (χ2n) is 8.61. The molecule has 1 unspecified atom stereocenters. The Balaban J connectivity index is 0.00000420. The van der Waals surface area contributed by atoms with Crippen molar-refractivity contribution in [3.63, 3.8) is 0 Å². The van der Waals surface area contributed by atoms with Crippen molar-refractivity contribution in [2.24, 2.45) is 10.4 Å². The van der Waals surface area contributed by atoms with Crippen LogP contribution in [-0.2, 0) is 14.6 Å². The number of sulfone groups is 1. The van der Waals surface area contributed by atoms with Gasteiger partial charge < -0.3 is 15.4 Å². The molecule has 7 nitrogen and oxygen atoms in total. The van der Waals surface area contributed by atoms with Gasteiger partial charge in [-0.25, -0.2) is 8.42 Å². The van der Waals surface area contributed by atoms with E-state index in [9.17, 15) is 8.42 Å². The van der Waals surface area contributed by atoms with Crippen LogP contribution >= 0.6 is 24.0 Å². The monoisotopic (exact) mass is 544 g/mol. The molecule has 2 fully saturated rings. The Labute approximate surface area is 194 Å². The van der Waals surface area contributed by atoms with Gasteiger partial charge in [-0.15, -0.1) is 24.0 Å². The molecule has 2 N–H and O–H groups in total. The zero-order chi connectivity index (χ0) is 20.5. The van der Waals surface area contributed by atoms with Crippen molar-refractivity contribution in [2.45, 2.75) is 58.4 Å². The van der Waals surface area contributed by atoms with E-state index in [2.05, 4.69) is 22.5 Å². The highest BCUT2D eigenvalue weighted by atomic mass is 127. The number of guanidine groups is 1. The molecule has 29 heavy (non-hydrogen) atoms. The first-order chi connectivity index (χ1) is 13.3. The van der Waals surface area contributed by atoms with E-state index < -0.39 is 9.84 Å². The number of morpholine rings is 1. The third-order valence-electron chi connectivity index (χ3n) is 5.80. The minimum atomic E-state index is -2.94. The van der Waals surface area contributed by atoms with E-state index >= 15 is 0 Å². The lowest BCUT2D eigenvalue weighted by Crippen LogP contribution is -2.47. The summed E-state index contributed by atoms with van der Waals surface area (Å²) >= 11 is 0. The molecule has 2 rings (SSSR count). The van der Waals surface area contributed by atoms with Gasteiger partial charge in [0, 0.05) is 50.4 Å². The van der Waals surface area contributed by atoms with E-state index in [1.807, 2.05) is 6.92 Å². The quantitative estimate of drug-likeness (QED) is 0.263. The average molecular weight is 545 g/mol. The second-order valence-corrected chi connectivity index (χ2v) is 10.9. The molecule has 0 spiro atoms. The second kappa shape index (κ2) is 13.3. The van der Waals surface area contributed by atoms with Gasteiger partial charge in [0.05, 0.1) is 19.0 Å². The predicted molar refractivity (Wildman–Crippen MR) is 131 cm³/mol. The topological polar surface area (TPSA) is 83.0 Å². The largest absolute Gasteiger partial charge is 0.379 e. The summed E-state index contributed by atoms with van der Waals surface area (Å²) in [6.07, 6.45) is 8.24. The predicted octanol–water partition coefficient (Wildman–Crippen LogP) is 2.27. The van der Waals surface area contributed by atoms with Gasteiger partial charge in [0.1, 0.15) is 9.84 Å². The molecule has 0 bridgehead atoms. The van der Waals surface area contributed by atoms with Crippen molar-refractivity contribution in [3.8, 4) is 0 Å². The molecule has 1 saturated carbocycles. The normalized spacial score (nSPS) is 21.8. The van der Waals surface area contributed by atoms with Gasteiger partial charge in [0.15, 0.2) is 5.96 Å². The Morgan fingerprint density at radius 2 is 1.86 bits per heavy atom. The van der Waals surface area contributed by atoms with Gasteiger partial charge in [0.25, 0.3) is 0 Å². The number of hydrogen-bond acceptors (Lipinski definition) is 5. The van der Waals surface area contributed by atoms with E-state index in [0.717, 1.165) is 51.9 Å². The third-order valence-corrected chi connectivity index (χ3v) is 6.78. The van der Waals surface area contributed by atoms with Crippen LogP contribution in [-0.4, -0.2) is 83.3 Å². The molecular weight excluding hydrogens is 503 g/mol. The molecule has 1 aliphatic carbocycles. The maximum atomic E-state index is 11.4. The van der Waals surface area contributed by atoms with E-state index in [0.29, 0.717) is 6.42 Å². The van der Waals surface area contributed by atoms with E-state index in [1.54, 1.807) is 0 Å². The highest BCUT2D eigenvalue weighted by molar-refractivity contribution is 14.0. The minimum Gasteiger partial charge on any atom is -0.379 e. The number of hydrogen-bond donors (Lipinski definition) is 2. The summed E-state index contributed by atoms with van der Waals surface area (Å²) in [5.41, 5.74) is 0.244. The summed E-state index contributed by atoms with van der Waals surface area (Å²) in [4.78, 5) is 7.49. The number of rotatable bonds is 9. The Bertz CT molecular complexity index is 589. The molecular formula is C20H41IN4O3S. The van der Waals surface area contributed by atoms with Crippen LogP contribution in [0.5, 0.6) is 0 Å². The molecule has 1 saturated heterocycles. The van der Waals surface area contributed by atoms with E-state index in [1.165, 1.54) is 38.4 Å². The van der Waals surface area contributed by atoms with Crippen molar-refractivity contribution < 1.29 is 13.2 Å². The van der Waals surface area contributed by atoms with E-state index in [4.69, 9.17) is 9.73 Å². The number of aliphatic imine (C=N–C) groups is 1. The smallest absolute Gasteiger partial charge is 0.191 e. The maximum Gasteiger partial charge on any atom is 0.191 e. The Morgan fingerprint density at radius 1 is 1.21 bits per heavy atom. The molecule has 0 amide bonds. The molecule has 1 atom stereocenters. The standard InChI is InChI=1S/C20H40N4O3S.HI/c1-4-21-19(23-18(2)8-15-28(3,25)26)22-16-20(9-6-5-7-10-20)17-24-11-13-27-14-12-24;/h18H,4-17H2,1-3H3,(H2,21,22,23);1H. The van der Waals surface area contributed by atoms with Gasteiger partial charge in [-0.05, 0) is 33.1 Å². The number of nitrogens with zero attached hydrogens (tertiary/aromatic N) is 2. The Kier molecular flexibility index (Phi) is 12.4. The molecule has 0 aromatic carbocycles. The third kappa shape index (κ3) is 10.6. The van der Waals surface area contributed by atoms with Crippen LogP contribution in [0.4, 0.5) is 0 Å². The summed E-state index contributed by atoms with van der Waals surface area (Å²) in [6, 6.07) is 0.0640. The highest BCUT2D eigenvalue weighted by Gasteiger charge is 2.34. The molecule has 9 heteroatoms. The first kappa shape index (κ1) is 26.9. The Morgan fingerprint density at radius 3 is 2.45 bits per heavy atom. The van der Waals surface area contributed by atoms with Crippen LogP contribution in [0.1, 0.15) is 52.4 Å². The Hall–Kier alpha value is -0.130. The fourth-order valence-electron chi connectivity index (χ4n) is 4.16. The van der Waals surface area contributed by atoms with Crippen LogP contribution in [0.15, 0.2) is 4.99 Å².